The van der Waals surface area contributed by atoms with Gasteiger partial charge in [-0.25, -0.2) is 4.39 Å². The maximum absolute atomic E-state index is 13.8. The average Bonchev–Trinajstić information content (AvgIpc) is 2.79. The van der Waals surface area contributed by atoms with Crippen molar-refractivity contribution in [2.45, 2.75) is 37.8 Å². The SMILES string of the molecule is COc1cccc(CNCC2(O)CCCC2)c1F. The lowest BCUT2D eigenvalue weighted by atomic mass is 10.0. The largest absolute Gasteiger partial charge is 0.494 e. The van der Waals surface area contributed by atoms with Crippen molar-refractivity contribution in [2.24, 2.45) is 0 Å². The van der Waals surface area contributed by atoms with Gasteiger partial charge >= 0.3 is 0 Å². The molecule has 1 aliphatic carbocycles. The van der Waals surface area contributed by atoms with E-state index < -0.39 is 5.60 Å². The molecule has 0 aromatic heterocycles. The van der Waals surface area contributed by atoms with Gasteiger partial charge in [0.05, 0.1) is 12.7 Å². The van der Waals surface area contributed by atoms with Gasteiger partial charge in [0, 0.05) is 18.7 Å². The fourth-order valence-corrected chi connectivity index (χ4v) is 2.49. The van der Waals surface area contributed by atoms with Crippen LogP contribution in [0.5, 0.6) is 5.75 Å². The Labute approximate surface area is 107 Å². The number of halogens is 1. The van der Waals surface area contributed by atoms with Crippen molar-refractivity contribution in [1.82, 2.24) is 5.32 Å². The van der Waals surface area contributed by atoms with Gasteiger partial charge in [-0.05, 0) is 18.9 Å². The van der Waals surface area contributed by atoms with Crippen molar-refractivity contribution >= 4 is 0 Å². The van der Waals surface area contributed by atoms with E-state index in [0.717, 1.165) is 25.7 Å². The molecule has 0 amide bonds. The number of nitrogens with one attached hydrogen (secondary N) is 1. The minimum atomic E-state index is -0.602. The van der Waals surface area contributed by atoms with Gasteiger partial charge in [0.25, 0.3) is 0 Å². The molecule has 3 nitrogen and oxygen atoms in total. The standard InChI is InChI=1S/C14H20FNO2/c1-18-12-6-4-5-11(13(12)15)9-16-10-14(17)7-2-3-8-14/h4-6,16-17H,2-3,7-10H2,1H3. The van der Waals surface area contributed by atoms with Gasteiger partial charge in [-0.2, -0.15) is 0 Å². The predicted molar refractivity (Wildman–Crippen MR) is 68.1 cm³/mol. The molecule has 100 valence electrons. The molecule has 0 saturated heterocycles. The molecular weight excluding hydrogens is 233 g/mol. The summed E-state index contributed by atoms with van der Waals surface area (Å²) in [6, 6.07) is 5.09. The molecule has 0 unspecified atom stereocenters. The molecule has 0 heterocycles. The van der Waals surface area contributed by atoms with E-state index in [-0.39, 0.29) is 11.6 Å². The summed E-state index contributed by atoms with van der Waals surface area (Å²) >= 11 is 0. The summed E-state index contributed by atoms with van der Waals surface area (Å²) in [5.41, 5.74) is -0.0362. The normalized spacial score (nSPS) is 17.9. The van der Waals surface area contributed by atoms with Gasteiger partial charge in [-0.1, -0.05) is 25.0 Å². The smallest absolute Gasteiger partial charge is 0.169 e. The highest BCUT2D eigenvalue weighted by atomic mass is 19.1. The Morgan fingerprint density at radius 2 is 2.11 bits per heavy atom. The van der Waals surface area contributed by atoms with Crippen molar-refractivity contribution in [3.8, 4) is 5.75 Å². The lowest BCUT2D eigenvalue weighted by Gasteiger charge is -2.22. The molecule has 0 aliphatic heterocycles. The molecule has 4 heteroatoms. The van der Waals surface area contributed by atoms with Crippen LogP contribution < -0.4 is 10.1 Å². The van der Waals surface area contributed by atoms with Gasteiger partial charge in [-0.15, -0.1) is 0 Å². The first kappa shape index (κ1) is 13.3. The van der Waals surface area contributed by atoms with E-state index in [4.69, 9.17) is 4.74 Å². The van der Waals surface area contributed by atoms with Crippen LogP contribution in [-0.4, -0.2) is 24.4 Å². The Hall–Kier alpha value is -1.13. The number of hydrogen-bond acceptors (Lipinski definition) is 3. The van der Waals surface area contributed by atoms with Crippen LogP contribution in [0.15, 0.2) is 18.2 Å². The summed E-state index contributed by atoms with van der Waals surface area (Å²) in [6.07, 6.45) is 3.82. The third kappa shape index (κ3) is 3.00. The summed E-state index contributed by atoms with van der Waals surface area (Å²) < 4.78 is 18.8. The number of rotatable bonds is 5. The molecular formula is C14H20FNO2. The highest BCUT2D eigenvalue weighted by Crippen LogP contribution is 2.28. The molecule has 1 aliphatic rings. The first-order valence-electron chi connectivity index (χ1n) is 6.39. The van der Waals surface area contributed by atoms with Crippen LogP contribution in [0.4, 0.5) is 4.39 Å². The summed E-state index contributed by atoms with van der Waals surface area (Å²) in [6.45, 7) is 0.926. The van der Waals surface area contributed by atoms with Crippen LogP contribution >= 0.6 is 0 Å². The minimum Gasteiger partial charge on any atom is -0.494 e. The van der Waals surface area contributed by atoms with Crippen LogP contribution in [0.25, 0.3) is 0 Å². The van der Waals surface area contributed by atoms with Crippen molar-refractivity contribution in [3.05, 3.63) is 29.6 Å². The molecule has 0 radical (unpaired) electrons. The van der Waals surface area contributed by atoms with E-state index in [9.17, 15) is 9.50 Å². The van der Waals surface area contributed by atoms with E-state index in [1.54, 1.807) is 18.2 Å². The maximum Gasteiger partial charge on any atom is 0.169 e. The molecule has 0 atom stereocenters. The van der Waals surface area contributed by atoms with E-state index in [0.29, 0.717) is 18.7 Å². The van der Waals surface area contributed by atoms with Crippen LogP contribution in [0.3, 0.4) is 0 Å². The molecule has 0 spiro atoms. The highest BCUT2D eigenvalue weighted by molar-refractivity contribution is 5.30. The summed E-state index contributed by atoms with van der Waals surface area (Å²) in [5.74, 6) is -0.0696. The Morgan fingerprint density at radius 1 is 1.39 bits per heavy atom. The monoisotopic (exact) mass is 253 g/mol. The van der Waals surface area contributed by atoms with Gasteiger partial charge in [0.15, 0.2) is 11.6 Å². The van der Waals surface area contributed by atoms with Crippen molar-refractivity contribution < 1.29 is 14.2 Å². The van der Waals surface area contributed by atoms with Crippen LogP contribution in [0.2, 0.25) is 0 Å². The van der Waals surface area contributed by atoms with Crippen LogP contribution in [0, 0.1) is 5.82 Å². The number of hydrogen-bond donors (Lipinski definition) is 2. The minimum absolute atomic E-state index is 0.258. The molecule has 18 heavy (non-hydrogen) atoms. The number of aliphatic hydroxyl groups is 1. The first-order valence-corrected chi connectivity index (χ1v) is 6.39. The Bertz CT molecular complexity index is 403. The van der Waals surface area contributed by atoms with Crippen LogP contribution in [-0.2, 0) is 6.54 Å². The molecule has 2 rings (SSSR count). The van der Waals surface area contributed by atoms with Crippen molar-refractivity contribution in [3.63, 3.8) is 0 Å². The van der Waals surface area contributed by atoms with E-state index in [1.807, 2.05) is 0 Å². The predicted octanol–water partition coefficient (Wildman–Crippen LogP) is 2.23. The maximum atomic E-state index is 13.8. The van der Waals surface area contributed by atoms with Gasteiger partial charge in [-0.3, -0.25) is 0 Å². The lowest BCUT2D eigenvalue weighted by molar-refractivity contribution is 0.0474. The van der Waals surface area contributed by atoms with E-state index in [2.05, 4.69) is 5.32 Å². The van der Waals surface area contributed by atoms with E-state index in [1.165, 1.54) is 7.11 Å². The second-order valence-electron chi connectivity index (χ2n) is 4.97. The number of methoxy groups -OCH3 is 1. The molecule has 2 N–H and O–H groups in total. The second kappa shape index (κ2) is 5.67. The van der Waals surface area contributed by atoms with Crippen molar-refractivity contribution in [2.75, 3.05) is 13.7 Å². The Balaban J connectivity index is 1.90. The first-order chi connectivity index (χ1) is 8.64. The third-order valence-corrected chi connectivity index (χ3v) is 3.57. The summed E-state index contributed by atoms with van der Waals surface area (Å²) in [4.78, 5) is 0. The van der Waals surface area contributed by atoms with Gasteiger partial charge in [0.1, 0.15) is 0 Å². The lowest BCUT2D eigenvalue weighted by Crippen LogP contribution is -2.37. The fourth-order valence-electron chi connectivity index (χ4n) is 2.49. The zero-order valence-corrected chi connectivity index (χ0v) is 10.7. The topological polar surface area (TPSA) is 41.5 Å². The second-order valence-corrected chi connectivity index (χ2v) is 4.97. The Morgan fingerprint density at radius 3 is 2.78 bits per heavy atom. The fraction of sp³-hybridized carbons (Fsp3) is 0.571. The highest BCUT2D eigenvalue weighted by Gasteiger charge is 2.30. The van der Waals surface area contributed by atoms with Crippen molar-refractivity contribution in [1.29, 1.82) is 0 Å². The van der Waals surface area contributed by atoms with Gasteiger partial charge in [0.2, 0.25) is 0 Å². The molecule has 1 fully saturated rings. The molecule has 0 bridgehead atoms. The number of benzene rings is 1. The molecule has 1 aromatic rings. The molecule has 1 aromatic carbocycles. The molecule has 1 saturated carbocycles. The van der Waals surface area contributed by atoms with E-state index >= 15 is 0 Å². The zero-order valence-electron chi connectivity index (χ0n) is 10.7. The quantitative estimate of drug-likeness (QED) is 0.845. The summed E-state index contributed by atoms with van der Waals surface area (Å²) in [5, 5.41) is 13.3. The third-order valence-electron chi connectivity index (χ3n) is 3.57. The number of ether oxygens (including phenoxy) is 1. The van der Waals surface area contributed by atoms with Gasteiger partial charge < -0.3 is 15.2 Å². The summed E-state index contributed by atoms with van der Waals surface area (Å²) in [7, 11) is 1.46. The van der Waals surface area contributed by atoms with Crippen LogP contribution in [0.1, 0.15) is 31.2 Å². The average molecular weight is 253 g/mol. The Kier molecular flexibility index (Phi) is 4.19. The zero-order chi connectivity index (χ0) is 13.0.